The topological polar surface area (TPSA) is 127 Å². The third kappa shape index (κ3) is 8.47. The van der Waals surface area contributed by atoms with Gasteiger partial charge in [-0.15, -0.1) is 0 Å². The summed E-state index contributed by atoms with van der Waals surface area (Å²) in [4.78, 5) is 53.8. The van der Waals surface area contributed by atoms with Crippen molar-refractivity contribution in [3.8, 4) is 0 Å². The number of hydrogen-bond donors (Lipinski definition) is 3. The van der Waals surface area contributed by atoms with Crippen molar-refractivity contribution < 1.29 is 28.7 Å². The number of aromatic nitrogens is 1. The summed E-state index contributed by atoms with van der Waals surface area (Å²) in [5, 5.41) is 6.28. The fraction of sp³-hybridized carbons (Fsp3) is 0.379. The zero-order valence-electron chi connectivity index (χ0n) is 22.2. The summed E-state index contributed by atoms with van der Waals surface area (Å²) in [6, 6.07) is 15.1. The number of benzene rings is 2. The molecule has 0 aliphatic heterocycles. The standard InChI is InChI=1S/C29H35N3O6/c1-29(2,3)38-28(36)32-23(16-19-10-6-5-7-11-19)25(33)14-15-26(34)31-24(27(35)37-4)17-20-18-30-22-13-9-8-12-21(20)22/h5-13,18,23-24,30H,14-17H2,1-4H3,(H,31,34)(H,32,36)/t23?,24-/m0/s1. The minimum Gasteiger partial charge on any atom is -0.467 e. The summed E-state index contributed by atoms with van der Waals surface area (Å²) in [6.45, 7) is 5.21. The quantitative estimate of drug-likeness (QED) is 0.329. The Morgan fingerprint density at radius 3 is 2.24 bits per heavy atom. The molecule has 0 saturated carbocycles. The molecule has 0 radical (unpaired) electrons. The number of ether oxygens (including phenoxy) is 2. The Bertz CT molecular complexity index is 1260. The summed E-state index contributed by atoms with van der Waals surface area (Å²) in [5.41, 5.74) is 1.91. The van der Waals surface area contributed by atoms with Crippen molar-refractivity contribution in [3.05, 3.63) is 71.9 Å². The van der Waals surface area contributed by atoms with Crippen LogP contribution in [0.15, 0.2) is 60.8 Å². The van der Waals surface area contributed by atoms with Crippen molar-refractivity contribution in [2.24, 2.45) is 0 Å². The van der Waals surface area contributed by atoms with E-state index >= 15 is 0 Å². The van der Waals surface area contributed by atoms with Gasteiger partial charge in [-0.05, 0) is 44.4 Å². The maximum atomic E-state index is 13.1. The van der Waals surface area contributed by atoms with Crippen molar-refractivity contribution in [3.63, 3.8) is 0 Å². The molecule has 2 atom stereocenters. The molecule has 3 N–H and O–H groups in total. The van der Waals surface area contributed by atoms with E-state index in [-0.39, 0.29) is 31.5 Å². The van der Waals surface area contributed by atoms with Gasteiger partial charge in [0.25, 0.3) is 0 Å². The van der Waals surface area contributed by atoms with Crippen LogP contribution in [-0.2, 0) is 36.7 Å². The third-order valence-corrected chi connectivity index (χ3v) is 5.88. The van der Waals surface area contributed by atoms with Gasteiger partial charge in [0.1, 0.15) is 11.6 Å². The van der Waals surface area contributed by atoms with Crippen LogP contribution in [0.2, 0.25) is 0 Å². The number of hydrogen-bond acceptors (Lipinski definition) is 6. The molecule has 9 nitrogen and oxygen atoms in total. The van der Waals surface area contributed by atoms with E-state index in [1.54, 1.807) is 27.0 Å². The van der Waals surface area contributed by atoms with Gasteiger partial charge >= 0.3 is 12.1 Å². The monoisotopic (exact) mass is 521 g/mol. The Morgan fingerprint density at radius 2 is 1.55 bits per heavy atom. The first-order valence-corrected chi connectivity index (χ1v) is 12.5. The van der Waals surface area contributed by atoms with Crippen molar-refractivity contribution in [2.45, 2.75) is 64.1 Å². The molecule has 2 amide bonds. The molecule has 38 heavy (non-hydrogen) atoms. The number of aromatic amines is 1. The van der Waals surface area contributed by atoms with Crippen molar-refractivity contribution >= 4 is 34.7 Å². The molecule has 0 spiro atoms. The Balaban J connectivity index is 1.63. The second-order valence-electron chi connectivity index (χ2n) is 10.1. The molecule has 3 rings (SSSR count). The van der Waals surface area contributed by atoms with Crippen LogP contribution in [0.1, 0.15) is 44.7 Å². The smallest absolute Gasteiger partial charge is 0.408 e. The molecule has 202 valence electrons. The van der Waals surface area contributed by atoms with Gasteiger partial charge in [0.2, 0.25) is 5.91 Å². The maximum Gasteiger partial charge on any atom is 0.408 e. The summed E-state index contributed by atoms with van der Waals surface area (Å²) < 4.78 is 10.2. The highest BCUT2D eigenvalue weighted by molar-refractivity contribution is 5.92. The molecule has 9 heteroatoms. The van der Waals surface area contributed by atoms with Crippen LogP contribution < -0.4 is 10.6 Å². The number of fused-ring (bicyclic) bond motifs is 1. The number of carbonyl (C=O) groups excluding carboxylic acids is 4. The van der Waals surface area contributed by atoms with Crippen LogP contribution in [0.4, 0.5) is 4.79 Å². The number of methoxy groups -OCH3 is 1. The molecule has 1 heterocycles. The molecule has 3 aromatic rings. The molecular weight excluding hydrogens is 486 g/mol. The maximum absolute atomic E-state index is 13.1. The van der Waals surface area contributed by atoms with Crippen LogP contribution in [0.25, 0.3) is 10.9 Å². The van der Waals surface area contributed by atoms with E-state index < -0.39 is 35.7 Å². The van der Waals surface area contributed by atoms with E-state index in [1.165, 1.54) is 7.11 Å². The van der Waals surface area contributed by atoms with Gasteiger partial charge in [-0.3, -0.25) is 9.59 Å². The normalized spacial score (nSPS) is 12.8. The summed E-state index contributed by atoms with van der Waals surface area (Å²) in [6.07, 6.45) is 1.30. The molecule has 0 fully saturated rings. The number of nitrogens with one attached hydrogen (secondary N) is 3. The number of carbonyl (C=O) groups is 4. The van der Waals surface area contributed by atoms with E-state index in [1.807, 2.05) is 54.6 Å². The van der Waals surface area contributed by atoms with Gasteiger partial charge in [-0.25, -0.2) is 9.59 Å². The Hall–Kier alpha value is -4.14. The van der Waals surface area contributed by atoms with Crippen molar-refractivity contribution in [1.29, 1.82) is 0 Å². The highest BCUT2D eigenvalue weighted by Gasteiger charge is 2.27. The first-order chi connectivity index (χ1) is 18.1. The van der Waals surface area contributed by atoms with Crippen LogP contribution in [0.5, 0.6) is 0 Å². The summed E-state index contributed by atoms with van der Waals surface area (Å²) in [5.74, 6) is -1.37. The molecule has 0 aliphatic carbocycles. The van der Waals surface area contributed by atoms with Gasteiger partial charge in [-0.2, -0.15) is 0 Å². The molecule has 0 aliphatic rings. The molecule has 1 aromatic heterocycles. The minimum atomic E-state index is -0.915. The van der Waals surface area contributed by atoms with Gasteiger partial charge in [-0.1, -0.05) is 48.5 Å². The average molecular weight is 522 g/mol. The predicted octanol–water partition coefficient (Wildman–Crippen LogP) is 3.85. The van der Waals surface area contributed by atoms with Crippen LogP contribution in [0.3, 0.4) is 0 Å². The van der Waals surface area contributed by atoms with E-state index in [4.69, 9.17) is 9.47 Å². The van der Waals surface area contributed by atoms with Crippen LogP contribution >= 0.6 is 0 Å². The number of H-pyrrole nitrogens is 1. The van der Waals surface area contributed by atoms with Gasteiger partial charge in [0.05, 0.1) is 13.2 Å². The van der Waals surface area contributed by atoms with Crippen LogP contribution in [-0.4, -0.2) is 53.5 Å². The molecular formula is C29H35N3O6. The molecule has 2 aromatic carbocycles. The average Bonchev–Trinajstić information content (AvgIpc) is 3.28. The summed E-state index contributed by atoms with van der Waals surface area (Å²) >= 11 is 0. The van der Waals surface area contributed by atoms with E-state index in [9.17, 15) is 19.2 Å². The highest BCUT2D eigenvalue weighted by Crippen LogP contribution is 2.19. The fourth-order valence-corrected chi connectivity index (χ4v) is 4.08. The van der Waals surface area contributed by atoms with Gasteiger partial charge < -0.3 is 25.1 Å². The first-order valence-electron chi connectivity index (χ1n) is 12.5. The molecule has 0 bridgehead atoms. The minimum absolute atomic E-state index is 0.125. The Labute approximate surface area is 222 Å². The number of rotatable bonds is 11. The summed E-state index contributed by atoms with van der Waals surface area (Å²) in [7, 11) is 1.26. The number of alkyl carbamates (subject to hydrolysis) is 1. The third-order valence-electron chi connectivity index (χ3n) is 5.88. The number of ketones is 1. The number of esters is 1. The molecule has 1 unspecified atom stereocenters. The highest BCUT2D eigenvalue weighted by atomic mass is 16.6. The lowest BCUT2D eigenvalue weighted by atomic mass is 9.99. The number of para-hydroxylation sites is 1. The SMILES string of the molecule is COC(=O)[C@H](Cc1c[nH]c2ccccc12)NC(=O)CCC(=O)C(Cc1ccccc1)NC(=O)OC(C)(C)C. The van der Waals surface area contributed by atoms with E-state index in [0.29, 0.717) is 0 Å². The number of Topliss-reactive ketones (excluding diaryl/α,β-unsaturated/α-hetero) is 1. The fourth-order valence-electron chi connectivity index (χ4n) is 4.08. The van der Waals surface area contributed by atoms with Gasteiger partial charge in [0.15, 0.2) is 5.78 Å². The lowest BCUT2D eigenvalue weighted by Crippen LogP contribution is -2.46. The lowest BCUT2D eigenvalue weighted by molar-refractivity contribution is -0.145. The largest absolute Gasteiger partial charge is 0.467 e. The van der Waals surface area contributed by atoms with E-state index in [0.717, 1.165) is 22.0 Å². The lowest BCUT2D eigenvalue weighted by Gasteiger charge is -2.23. The molecule has 0 saturated heterocycles. The second kappa shape index (κ2) is 12.9. The Kier molecular flexibility index (Phi) is 9.65. The number of amides is 2. The zero-order chi connectivity index (χ0) is 27.7. The van der Waals surface area contributed by atoms with Crippen molar-refractivity contribution in [1.82, 2.24) is 15.6 Å². The second-order valence-corrected chi connectivity index (χ2v) is 10.1. The Morgan fingerprint density at radius 1 is 0.868 bits per heavy atom. The van der Waals surface area contributed by atoms with E-state index in [2.05, 4.69) is 15.6 Å². The first kappa shape index (κ1) is 28.4. The van der Waals surface area contributed by atoms with Gasteiger partial charge in [0, 0.05) is 36.4 Å². The predicted molar refractivity (Wildman–Crippen MR) is 143 cm³/mol. The van der Waals surface area contributed by atoms with Crippen molar-refractivity contribution in [2.75, 3.05) is 7.11 Å². The van der Waals surface area contributed by atoms with Crippen LogP contribution in [0, 0.1) is 0 Å². The zero-order valence-corrected chi connectivity index (χ0v) is 22.2.